The third-order valence-corrected chi connectivity index (χ3v) is 5.30. The van der Waals surface area contributed by atoms with Crippen LogP contribution in [-0.2, 0) is 21.5 Å². The van der Waals surface area contributed by atoms with Gasteiger partial charge in [0.15, 0.2) is 11.2 Å². The summed E-state index contributed by atoms with van der Waals surface area (Å²) in [6.45, 7) is 2.85. The van der Waals surface area contributed by atoms with E-state index in [-0.39, 0.29) is 6.42 Å². The zero-order valence-electron chi connectivity index (χ0n) is 15.9. The minimum atomic E-state index is -1.30. The smallest absolute Gasteiger partial charge is 0.330 e. The number of amides is 1. The van der Waals surface area contributed by atoms with Gasteiger partial charge in [-0.05, 0) is 24.1 Å². The van der Waals surface area contributed by atoms with Crippen LogP contribution in [0.4, 0.5) is 0 Å². The van der Waals surface area contributed by atoms with Crippen LogP contribution < -0.4 is 16.5 Å². The number of benzene rings is 2. The van der Waals surface area contributed by atoms with Gasteiger partial charge in [0.25, 0.3) is 5.91 Å². The molecule has 1 heterocycles. The number of carboxylic acid groups (broad SMARTS) is 1. The molecule has 2 atom stereocenters. The molecule has 7 heteroatoms. The van der Waals surface area contributed by atoms with E-state index in [1.54, 1.807) is 17.1 Å². The summed E-state index contributed by atoms with van der Waals surface area (Å²) in [4.78, 5) is 24.8. The van der Waals surface area contributed by atoms with Crippen LogP contribution in [0.3, 0.4) is 0 Å². The Kier molecular flexibility index (Phi) is 5.79. The lowest BCUT2D eigenvalue weighted by atomic mass is 9.79. The Morgan fingerprint density at radius 3 is 2.21 bits per heavy atom. The Labute approximate surface area is 164 Å². The highest BCUT2D eigenvalue weighted by Gasteiger charge is 2.55. The van der Waals surface area contributed by atoms with E-state index >= 15 is 0 Å². The van der Waals surface area contributed by atoms with Crippen molar-refractivity contribution in [2.75, 3.05) is 13.1 Å². The topological polar surface area (TPSA) is 108 Å². The summed E-state index contributed by atoms with van der Waals surface area (Å²) < 4.78 is 0. The van der Waals surface area contributed by atoms with E-state index in [9.17, 15) is 14.7 Å². The molecule has 0 spiro atoms. The fourth-order valence-electron chi connectivity index (χ4n) is 3.76. The molecule has 5 N–H and O–H groups in total. The number of hydrazine groups is 1. The van der Waals surface area contributed by atoms with Gasteiger partial charge in [0.05, 0.1) is 0 Å². The van der Waals surface area contributed by atoms with Gasteiger partial charge in [-0.2, -0.15) is 0 Å². The highest BCUT2D eigenvalue weighted by molar-refractivity contribution is 5.85. The van der Waals surface area contributed by atoms with Gasteiger partial charge in [0.1, 0.15) is 0 Å². The molecule has 1 saturated heterocycles. The van der Waals surface area contributed by atoms with Crippen LogP contribution in [0.25, 0.3) is 0 Å². The van der Waals surface area contributed by atoms with Gasteiger partial charge in [-0.15, -0.1) is 0 Å². The van der Waals surface area contributed by atoms with Gasteiger partial charge < -0.3 is 10.8 Å². The quantitative estimate of drug-likeness (QED) is 0.486. The molecule has 2 aromatic carbocycles. The fourth-order valence-corrected chi connectivity index (χ4v) is 3.76. The Morgan fingerprint density at radius 1 is 1.14 bits per heavy atom. The van der Waals surface area contributed by atoms with Crippen molar-refractivity contribution in [1.82, 2.24) is 15.8 Å². The molecule has 0 radical (unpaired) electrons. The SMILES string of the molecule is CCNC(Cc1ccccc1)(NN1CC[C@@]1(C(=O)O)c1ccccc1)C(N)=O. The molecule has 0 aromatic heterocycles. The lowest BCUT2D eigenvalue weighted by Gasteiger charge is -2.53. The van der Waals surface area contributed by atoms with Gasteiger partial charge in [0.2, 0.25) is 0 Å². The number of primary amides is 1. The van der Waals surface area contributed by atoms with Crippen LogP contribution in [0.15, 0.2) is 60.7 Å². The molecule has 7 nitrogen and oxygen atoms in total. The Bertz CT molecular complexity index is 830. The van der Waals surface area contributed by atoms with Crippen molar-refractivity contribution in [3.05, 3.63) is 71.8 Å². The highest BCUT2D eigenvalue weighted by atomic mass is 16.4. The second kappa shape index (κ2) is 8.10. The molecule has 1 amide bonds. The number of carboxylic acids is 1. The van der Waals surface area contributed by atoms with Crippen LogP contribution in [0.2, 0.25) is 0 Å². The van der Waals surface area contributed by atoms with Gasteiger partial charge >= 0.3 is 5.97 Å². The number of rotatable bonds is 9. The largest absolute Gasteiger partial charge is 0.480 e. The van der Waals surface area contributed by atoms with E-state index in [1.165, 1.54) is 0 Å². The van der Waals surface area contributed by atoms with Crippen molar-refractivity contribution in [1.29, 1.82) is 0 Å². The maximum absolute atomic E-state index is 12.5. The van der Waals surface area contributed by atoms with E-state index in [0.29, 0.717) is 25.1 Å². The molecule has 2 aromatic rings. The normalized spacial score (nSPS) is 21.5. The number of hydrogen-bond donors (Lipinski definition) is 4. The number of nitrogens with two attached hydrogens (primary N) is 1. The minimum absolute atomic E-state index is 0.290. The van der Waals surface area contributed by atoms with Crippen molar-refractivity contribution in [2.45, 2.75) is 31.0 Å². The molecule has 0 bridgehead atoms. The van der Waals surface area contributed by atoms with E-state index < -0.39 is 23.1 Å². The van der Waals surface area contributed by atoms with Crippen LogP contribution in [-0.4, -0.2) is 40.7 Å². The monoisotopic (exact) mass is 382 g/mol. The average Bonchev–Trinajstić information content (AvgIpc) is 2.67. The maximum Gasteiger partial charge on any atom is 0.330 e. The minimum Gasteiger partial charge on any atom is -0.480 e. The number of nitrogens with zero attached hydrogens (tertiary/aromatic N) is 1. The molecule has 1 aliphatic rings. The summed E-state index contributed by atoms with van der Waals surface area (Å²) in [5, 5.41) is 14.8. The van der Waals surface area contributed by atoms with E-state index in [1.807, 2.05) is 55.5 Å². The highest BCUT2D eigenvalue weighted by Crippen LogP contribution is 2.40. The number of nitrogens with one attached hydrogen (secondary N) is 2. The Hall–Kier alpha value is -2.74. The zero-order valence-corrected chi connectivity index (χ0v) is 15.9. The lowest BCUT2D eigenvalue weighted by molar-refractivity contribution is -0.176. The first-order valence-electron chi connectivity index (χ1n) is 9.38. The van der Waals surface area contributed by atoms with Crippen LogP contribution in [0, 0.1) is 0 Å². The van der Waals surface area contributed by atoms with Gasteiger partial charge in [-0.3, -0.25) is 10.1 Å². The number of hydrogen-bond acceptors (Lipinski definition) is 5. The molecule has 1 unspecified atom stereocenters. The van der Waals surface area contributed by atoms with Crippen LogP contribution >= 0.6 is 0 Å². The molecule has 0 saturated carbocycles. The third-order valence-electron chi connectivity index (χ3n) is 5.30. The van der Waals surface area contributed by atoms with E-state index in [0.717, 1.165) is 5.56 Å². The lowest BCUT2D eigenvalue weighted by Crippen LogP contribution is -2.77. The molecule has 148 valence electrons. The summed E-state index contributed by atoms with van der Waals surface area (Å²) >= 11 is 0. The van der Waals surface area contributed by atoms with Crippen molar-refractivity contribution in [2.24, 2.45) is 5.73 Å². The predicted octanol–water partition coefficient (Wildman–Crippen LogP) is 1.21. The average molecular weight is 382 g/mol. The summed E-state index contributed by atoms with van der Waals surface area (Å²) in [6.07, 6.45) is 0.726. The summed E-state index contributed by atoms with van der Waals surface area (Å²) in [7, 11) is 0. The van der Waals surface area contributed by atoms with Gasteiger partial charge in [0, 0.05) is 13.0 Å². The molecular weight excluding hydrogens is 356 g/mol. The summed E-state index contributed by atoms with van der Waals surface area (Å²) in [6, 6.07) is 18.6. The van der Waals surface area contributed by atoms with E-state index in [2.05, 4.69) is 10.7 Å². The van der Waals surface area contributed by atoms with Crippen molar-refractivity contribution in [3.8, 4) is 0 Å². The summed E-state index contributed by atoms with van der Waals surface area (Å²) in [5.74, 6) is -1.55. The van der Waals surface area contributed by atoms with Gasteiger partial charge in [-0.25, -0.2) is 15.2 Å². The molecular formula is C21H26N4O3. The first kappa shape index (κ1) is 20.0. The Morgan fingerprint density at radius 2 is 1.75 bits per heavy atom. The molecule has 3 rings (SSSR count). The third kappa shape index (κ3) is 3.52. The van der Waals surface area contributed by atoms with Crippen molar-refractivity contribution in [3.63, 3.8) is 0 Å². The second-order valence-electron chi connectivity index (χ2n) is 7.01. The van der Waals surface area contributed by atoms with Crippen molar-refractivity contribution >= 4 is 11.9 Å². The van der Waals surface area contributed by atoms with E-state index in [4.69, 9.17) is 5.73 Å². The number of carbonyl (C=O) groups excluding carboxylic acids is 1. The standard InChI is InChI=1S/C21H26N4O3/c1-2-23-21(18(22)26,15-16-9-5-3-6-10-16)24-25-14-13-20(25,19(27)28)17-11-7-4-8-12-17/h3-12,23-24H,2,13-15H2,1H3,(H2,22,26)(H,27,28)/t20-,21?/m0/s1. The molecule has 0 aliphatic carbocycles. The van der Waals surface area contributed by atoms with Crippen LogP contribution in [0.1, 0.15) is 24.5 Å². The number of carbonyl (C=O) groups is 2. The fraction of sp³-hybridized carbons (Fsp3) is 0.333. The molecule has 28 heavy (non-hydrogen) atoms. The number of aliphatic carboxylic acids is 1. The number of likely N-dealkylation sites (N-methyl/N-ethyl adjacent to an activating group) is 1. The maximum atomic E-state index is 12.5. The summed E-state index contributed by atoms with van der Waals surface area (Å²) in [5.41, 5.74) is 7.99. The van der Waals surface area contributed by atoms with Gasteiger partial charge in [-0.1, -0.05) is 67.6 Å². The first-order valence-corrected chi connectivity index (χ1v) is 9.38. The Balaban J connectivity index is 1.96. The predicted molar refractivity (Wildman–Crippen MR) is 106 cm³/mol. The second-order valence-corrected chi connectivity index (χ2v) is 7.01. The zero-order chi connectivity index (χ0) is 20.2. The first-order chi connectivity index (χ1) is 13.4. The molecule has 1 aliphatic heterocycles. The van der Waals surface area contributed by atoms with Crippen molar-refractivity contribution < 1.29 is 14.7 Å². The van der Waals surface area contributed by atoms with Crippen LogP contribution in [0.5, 0.6) is 0 Å². The molecule has 1 fully saturated rings.